The topological polar surface area (TPSA) is 39.7 Å². The predicted octanol–water partition coefficient (Wildman–Crippen LogP) is 4.38. The van der Waals surface area contributed by atoms with Crippen LogP contribution in [0.15, 0.2) is 30.5 Å². The Morgan fingerprint density at radius 1 is 1.16 bits per heavy atom. The first kappa shape index (κ1) is 22.4. The zero-order valence-corrected chi connectivity index (χ0v) is 18.5. The van der Waals surface area contributed by atoms with Crippen molar-refractivity contribution in [3.05, 3.63) is 45.2 Å². The van der Waals surface area contributed by atoms with Crippen LogP contribution in [0.2, 0.25) is 4.34 Å². The van der Waals surface area contributed by atoms with Gasteiger partial charge in [0.25, 0.3) is 0 Å². The summed E-state index contributed by atoms with van der Waals surface area (Å²) in [5.74, 6) is -0.348. The summed E-state index contributed by atoms with van der Waals surface area (Å²) in [6.07, 6.45) is -1.74. The van der Waals surface area contributed by atoms with Crippen molar-refractivity contribution in [1.82, 2.24) is 14.8 Å². The van der Waals surface area contributed by atoms with Crippen LogP contribution in [-0.2, 0) is 17.5 Å². The van der Waals surface area contributed by atoms with E-state index in [1.807, 2.05) is 17.0 Å². The molecule has 2 aliphatic heterocycles. The maximum Gasteiger partial charge on any atom is 0.419 e. The lowest BCUT2D eigenvalue weighted by Crippen LogP contribution is -2.52. The van der Waals surface area contributed by atoms with Crippen molar-refractivity contribution < 1.29 is 18.0 Å². The normalized spacial score (nSPS) is 20.8. The Morgan fingerprint density at radius 2 is 1.94 bits per heavy atom. The van der Waals surface area contributed by atoms with Crippen LogP contribution < -0.4 is 4.90 Å². The Bertz CT molecular complexity index is 914. The fourth-order valence-electron chi connectivity index (χ4n) is 4.28. The molecule has 4 rings (SSSR count). The van der Waals surface area contributed by atoms with Gasteiger partial charge in [-0.25, -0.2) is 4.98 Å². The molecule has 10 heteroatoms. The molecule has 0 spiro atoms. The van der Waals surface area contributed by atoms with E-state index in [0.29, 0.717) is 32.5 Å². The zero-order valence-electron chi connectivity index (χ0n) is 16.9. The highest BCUT2D eigenvalue weighted by Crippen LogP contribution is 2.36. The third-order valence-electron chi connectivity index (χ3n) is 5.85. The number of pyridine rings is 1. The molecule has 0 aliphatic carbocycles. The van der Waals surface area contributed by atoms with Gasteiger partial charge in [-0.2, -0.15) is 13.2 Å². The molecule has 2 saturated heterocycles. The second-order valence-electron chi connectivity index (χ2n) is 7.96. The second-order valence-corrected chi connectivity index (χ2v) is 9.76. The van der Waals surface area contributed by atoms with Gasteiger partial charge in [0.15, 0.2) is 0 Å². The molecule has 5 nitrogen and oxygen atoms in total. The molecule has 0 aromatic carbocycles. The number of hydrogen-bond acceptors (Lipinski definition) is 5. The smallest absolute Gasteiger partial charge is 0.355 e. The van der Waals surface area contributed by atoms with Gasteiger partial charge < -0.3 is 9.80 Å². The largest absolute Gasteiger partial charge is 0.419 e. The Balaban J connectivity index is 1.36. The minimum Gasteiger partial charge on any atom is -0.355 e. The third-order valence-corrected chi connectivity index (χ3v) is 7.07. The Labute approximate surface area is 188 Å². The predicted molar refractivity (Wildman–Crippen MR) is 115 cm³/mol. The van der Waals surface area contributed by atoms with Crippen LogP contribution in [0, 0.1) is 5.92 Å². The highest BCUT2D eigenvalue weighted by atomic mass is 35.5. The maximum atomic E-state index is 13.4. The van der Waals surface area contributed by atoms with Crippen molar-refractivity contribution >= 4 is 34.7 Å². The van der Waals surface area contributed by atoms with E-state index in [1.54, 1.807) is 16.2 Å². The van der Waals surface area contributed by atoms with E-state index in [-0.39, 0.29) is 24.2 Å². The number of carbonyl (C=O) groups excluding carboxylic acids is 1. The second kappa shape index (κ2) is 9.34. The number of nitrogens with zero attached hydrogens (tertiary/aromatic N) is 4. The number of aromatic nitrogens is 1. The molecule has 2 aromatic heterocycles. The molecular formula is C21H24ClF3N4OS. The molecule has 4 heterocycles. The quantitative estimate of drug-likeness (QED) is 0.662. The summed E-state index contributed by atoms with van der Waals surface area (Å²) < 4.78 is 40.9. The van der Waals surface area contributed by atoms with Crippen LogP contribution in [0.5, 0.6) is 0 Å². The van der Waals surface area contributed by atoms with E-state index in [4.69, 9.17) is 11.6 Å². The van der Waals surface area contributed by atoms with Crippen molar-refractivity contribution in [2.45, 2.75) is 25.6 Å². The summed E-state index contributed by atoms with van der Waals surface area (Å²) >= 11 is 7.56. The van der Waals surface area contributed by atoms with Crippen LogP contribution in [0.1, 0.15) is 23.3 Å². The van der Waals surface area contributed by atoms with Crippen molar-refractivity contribution in [3.63, 3.8) is 0 Å². The summed E-state index contributed by atoms with van der Waals surface area (Å²) in [6.45, 7) is 4.37. The van der Waals surface area contributed by atoms with Crippen LogP contribution in [-0.4, -0.2) is 60.0 Å². The molecule has 0 saturated carbocycles. The molecule has 0 N–H and O–H groups in total. The molecular weight excluding hydrogens is 449 g/mol. The molecule has 31 heavy (non-hydrogen) atoms. The van der Waals surface area contributed by atoms with Gasteiger partial charge in [-0.3, -0.25) is 9.69 Å². The average molecular weight is 473 g/mol. The monoisotopic (exact) mass is 472 g/mol. The van der Waals surface area contributed by atoms with Crippen LogP contribution in [0.3, 0.4) is 0 Å². The van der Waals surface area contributed by atoms with Gasteiger partial charge in [-0.1, -0.05) is 11.6 Å². The molecule has 2 aliphatic rings. The number of piperazine rings is 1. The minimum absolute atomic E-state index is 0.0352. The molecule has 1 amide bonds. The summed E-state index contributed by atoms with van der Waals surface area (Å²) in [6, 6.07) is 6.26. The van der Waals surface area contributed by atoms with Gasteiger partial charge in [-0.15, -0.1) is 11.3 Å². The Kier molecular flexibility index (Phi) is 6.74. The number of piperidine rings is 1. The van der Waals surface area contributed by atoms with Crippen molar-refractivity contribution in [1.29, 1.82) is 0 Å². The standard InChI is InChI=1S/C21H24ClF3N4OS/c22-18-6-5-16(31-18)14-27-9-11-28(12-10-27)20(30)15-3-2-8-29(13-15)19-17(21(23,24)25)4-1-7-26-19/h1,4-7,15H,2-3,8-14H2. The van der Waals surface area contributed by atoms with E-state index in [9.17, 15) is 18.0 Å². The number of carbonyl (C=O) groups is 1. The van der Waals surface area contributed by atoms with Gasteiger partial charge in [0.2, 0.25) is 5.91 Å². The van der Waals surface area contributed by atoms with E-state index in [0.717, 1.165) is 30.0 Å². The van der Waals surface area contributed by atoms with Gasteiger partial charge in [0.05, 0.1) is 15.8 Å². The maximum absolute atomic E-state index is 13.4. The molecule has 1 unspecified atom stereocenters. The first-order valence-electron chi connectivity index (χ1n) is 10.3. The highest BCUT2D eigenvalue weighted by molar-refractivity contribution is 7.16. The number of hydrogen-bond donors (Lipinski definition) is 0. The lowest BCUT2D eigenvalue weighted by molar-refractivity contribution is -0.137. The van der Waals surface area contributed by atoms with Crippen molar-refractivity contribution in [2.24, 2.45) is 5.92 Å². The first-order valence-corrected chi connectivity index (χ1v) is 11.5. The number of halogens is 4. The van der Waals surface area contributed by atoms with Crippen LogP contribution in [0.25, 0.3) is 0 Å². The van der Waals surface area contributed by atoms with Gasteiger partial charge in [-0.05, 0) is 37.1 Å². The fourth-order valence-corrected chi connectivity index (χ4v) is 5.41. The van der Waals surface area contributed by atoms with E-state index < -0.39 is 11.7 Å². The molecule has 2 aromatic rings. The van der Waals surface area contributed by atoms with Gasteiger partial charge in [0, 0.05) is 56.9 Å². The average Bonchev–Trinajstić information content (AvgIpc) is 3.18. The molecule has 1 atom stereocenters. The number of thiophene rings is 1. The van der Waals surface area contributed by atoms with E-state index in [2.05, 4.69) is 9.88 Å². The van der Waals surface area contributed by atoms with E-state index in [1.165, 1.54) is 17.1 Å². The van der Waals surface area contributed by atoms with Crippen LogP contribution >= 0.6 is 22.9 Å². The van der Waals surface area contributed by atoms with Gasteiger partial charge >= 0.3 is 6.18 Å². The number of alkyl halides is 3. The third kappa shape index (κ3) is 5.32. The Morgan fingerprint density at radius 3 is 2.61 bits per heavy atom. The molecule has 2 fully saturated rings. The summed E-state index contributed by atoms with van der Waals surface area (Å²) in [4.78, 5) is 24.1. The molecule has 0 radical (unpaired) electrons. The molecule has 168 valence electrons. The lowest BCUT2D eigenvalue weighted by atomic mass is 9.95. The van der Waals surface area contributed by atoms with E-state index >= 15 is 0 Å². The number of rotatable bonds is 4. The summed E-state index contributed by atoms with van der Waals surface area (Å²) in [7, 11) is 0. The number of anilines is 1. The van der Waals surface area contributed by atoms with Crippen LogP contribution in [0.4, 0.5) is 19.0 Å². The summed E-state index contributed by atoms with van der Waals surface area (Å²) in [5.41, 5.74) is -0.745. The lowest BCUT2D eigenvalue weighted by Gasteiger charge is -2.39. The Hall–Kier alpha value is -1.84. The first-order chi connectivity index (χ1) is 14.8. The van der Waals surface area contributed by atoms with Crippen molar-refractivity contribution in [2.75, 3.05) is 44.2 Å². The van der Waals surface area contributed by atoms with Crippen molar-refractivity contribution in [3.8, 4) is 0 Å². The highest BCUT2D eigenvalue weighted by Gasteiger charge is 2.38. The number of amides is 1. The minimum atomic E-state index is -4.47. The van der Waals surface area contributed by atoms with Gasteiger partial charge in [0.1, 0.15) is 5.82 Å². The zero-order chi connectivity index (χ0) is 22.0. The fraction of sp³-hybridized carbons (Fsp3) is 0.524. The molecule has 0 bridgehead atoms. The SMILES string of the molecule is O=C(C1CCCN(c2ncccc2C(F)(F)F)C1)N1CCN(Cc2ccc(Cl)s2)CC1. The summed E-state index contributed by atoms with van der Waals surface area (Å²) in [5, 5.41) is 0.